The molecule has 0 amide bonds. The minimum atomic E-state index is 0.0578. The Labute approximate surface area is 178 Å². The third kappa shape index (κ3) is 4.13. The van der Waals surface area contributed by atoms with Crippen LogP contribution in [0.4, 0.5) is 23.8 Å². The highest BCUT2D eigenvalue weighted by Gasteiger charge is 2.44. The first-order valence-electron chi connectivity index (χ1n) is 9.43. The first-order chi connectivity index (χ1) is 13.8. The third-order valence-electron chi connectivity index (χ3n) is 4.34. The zero-order valence-corrected chi connectivity index (χ0v) is 18.0. The van der Waals surface area contributed by atoms with Crippen LogP contribution in [0.3, 0.4) is 0 Å². The van der Waals surface area contributed by atoms with Crippen LogP contribution in [-0.4, -0.2) is 54.1 Å². The van der Waals surface area contributed by atoms with E-state index >= 15 is 0 Å². The quantitative estimate of drug-likeness (QED) is 0.655. The van der Waals surface area contributed by atoms with Crippen LogP contribution in [0.15, 0.2) is 12.2 Å². The second-order valence-electron chi connectivity index (χ2n) is 7.50. The molecule has 2 aromatic heterocycles. The van der Waals surface area contributed by atoms with E-state index in [1.807, 2.05) is 37.7 Å². The van der Waals surface area contributed by atoms with Gasteiger partial charge in [0.05, 0.1) is 12.1 Å². The summed E-state index contributed by atoms with van der Waals surface area (Å²) in [5.41, 5.74) is 0. The summed E-state index contributed by atoms with van der Waals surface area (Å²) in [7, 11) is 0. The number of fused-ring (bicyclic) bond motifs is 2. The number of halogens is 2. The Bertz CT molecular complexity index is 861. The van der Waals surface area contributed by atoms with E-state index in [0.717, 1.165) is 6.42 Å². The van der Waals surface area contributed by atoms with E-state index < -0.39 is 0 Å². The predicted octanol–water partition coefficient (Wildman–Crippen LogP) is 2.94. The molecule has 2 unspecified atom stereocenters. The average molecular weight is 437 g/mol. The number of hydrogen-bond donors (Lipinski definition) is 2. The minimum Gasteiger partial charge on any atom is -0.352 e. The Morgan fingerprint density at radius 3 is 1.55 bits per heavy atom. The van der Waals surface area contributed by atoms with Crippen LogP contribution in [0.5, 0.6) is 0 Å². The van der Waals surface area contributed by atoms with Gasteiger partial charge >= 0.3 is 0 Å². The molecule has 2 aliphatic rings. The first kappa shape index (κ1) is 19.8. The fourth-order valence-corrected chi connectivity index (χ4v) is 3.67. The van der Waals surface area contributed by atoms with Crippen molar-refractivity contribution < 1.29 is 0 Å². The Balaban J connectivity index is 1.74. The molecule has 1 saturated heterocycles. The molecule has 2 bridgehead atoms. The van der Waals surface area contributed by atoms with E-state index in [4.69, 9.17) is 23.2 Å². The van der Waals surface area contributed by atoms with Gasteiger partial charge in [0.15, 0.2) is 0 Å². The van der Waals surface area contributed by atoms with Crippen LogP contribution in [0, 0.1) is 0 Å². The van der Waals surface area contributed by atoms with Crippen LogP contribution in [0.25, 0.3) is 0 Å². The Hall–Kier alpha value is -2.46. The van der Waals surface area contributed by atoms with Crippen molar-refractivity contribution in [2.75, 3.05) is 20.7 Å². The summed E-state index contributed by atoms with van der Waals surface area (Å²) in [5, 5.41) is 10.4. The standard InChI is InChI=1S/C17H22Cl2N10/c1-8(2)20-14-22-12(18)24-16(26-14)28-10-5-6-11(7-10)29(28)17-25-13(19)23-15(27-17)21-9(3)4/h5-6,8-11H,7H2,1-4H3,(H,20,22,24,26)(H,21,23,25,27). The summed E-state index contributed by atoms with van der Waals surface area (Å²) in [5.74, 6) is 1.66. The Morgan fingerprint density at radius 2 is 1.17 bits per heavy atom. The molecule has 0 spiro atoms. The lowest BCUT2D eigenvalue weighted by Gasteiger charge is -2.35. The number of aromatic nitrogens is 6. The van der Waals surface area contributed by atoms with Crippen LogP contribution in [-0.2, 0) is 0 Å². The number of rotatable bonds is 6. The lowest BCUT2D eigenvalue weighted by atomic mass is 10.2. The third-order valence-corrected chi connectivity index (χ3v) is 4.67. The van der Waals surface area contributed by atoms with E-state index in [1.54, 1.807) is 0 Å². The highest BCUT2D eigenvalue weighted by atomic mass is 35.5. The second kappa shape index (κ2) is 7.75. The SMILES string of the molecule is CC(C)Nc1nc(Cl)nc(N2C3C=CC(C3)N2c2nc(Cl)nc(NC(C)C)n2)n1. The minimum absolute atomic E-state index is 0.0578. The van der Waals surface area contributed by atoms with E-state index in [0.29, 0.717) is 23.8 Å². The fourth-order valence-electron chi connectivity index (χ4n) is 3.36. The molecule has 154 valence electrons. The molecule has 0 saturated carbocycles. The largest absolute Gasteiger partial charge is 0.352 e. The van der Waals surface area contributed by atoms with Crippen molar-refractivity contribution in [2.24, 2.45) is 0 Å². The van der Waals surface area contributed by atoms with Crippen molar-refractivity contribution in [1.29, 1.82) is 0 Å². The zero-order valence-electron chi connectivity index (χ0n) is 16.5. The summed E-state index contributed by atoms with van der Waals surface area (Å²) in [6.07, 6.45) is 5.08. The molecule has 0 radical (unpaired) electrons. The molecule has 4 rings (SSSR count). The molecule has 3 heterocycles. The van der Waals surface area contributed by atoms with Crippen molar-refractivity contribution in [1.82, 2.24) is 29.9 Å². The van der Waals surface area contributed by atoms with E-state index in [1.165, 1.54) is 0 Å². The number of nitrogens with zero attached hydrogens (tertiary/aromatic N) is 8. The maximum Gasteiger partial charge on any atom is 0.251 e. The summed E-state index contributed by atoms with van der Waals surface area (Å²) in [6.45, 7) is 8.00. The molecule has 12 heteroatoms. The number of hydrazine groups is 1. The topological polar surface area (TPSA) is 108 Å². The molecule has 10 nitrogen and oxygen atoms in total. The molecular formula is C17H22Cl2N10. The van der Waals surface area contributed by atoms with Gasteiger partial charge in [-0.1, -0.05) is 12.2 Å². The molecule has 2 atom stereocenters. The van der Waals surface area contributed by atoms with Crippen molar-refractivity contribution in [2.45, 2.75) is 58.3 Å². The van der Waals surface area contributed by atoms with Gasteiger partial charge in [-0.2, -0.15) is 29.9 Å². The van der Waals surface area contributed by atoms with E-state index in [9.17, 15) is 0 Å². The summed E-state index contributed by atoms with van der Waals surface area (Å²) in [4.78, 5) is 26.1. The van der Waals surface area contributed by atoms with Crippen LogP contribution < -0.4 is 20.7 Å². The van der Waals surface area contributed by atoms with Crippen molar-refractivity contribution in [3.8, 4) is 0 Å². The van der Waals surface area contributed by atoms with Crippen molar-refractivity contribution in [3.63, 3.8) is 0 Å². The van der Waals surface area contributed by atoms with Gasteiger partial charge in [0.1, 0.15) is 0 Å². The zero-order chi connectivity index (χ0) is 20.7. The van der Waals surface area contributed by atoms with Crippen LogP contribution in [0.2, 0.25) is 10.6 Å². The van der Waals surface area contributed by atoms with Crippen molar-refractivity contribution in [3.05, 3.63) is 22.7 Å². The van der Waals surface area contributed by atoms with E-state index in [-0.39, 0.29) is 34.7 Å². The first-order valence-corrected chi connectivity index (χ1v) is 10.2. The molecule has 2 N–H and O–H groups in total. The molecule has 1 fully saturated rings. The van der Waals surface area contributed by atoms with Gasteiger partial charge in [-0.05, 0) is 57.3 Å². The normalized spacial score (nSPS) is 20.3. The molecular weight excluding hydrogens is 415 g/mol. The molecule has 1 aliphatic heterocycles. The van der Waals surface area contributed by atoms with Gasteiger partial charge in [-0.15, -0.1) is 0 Å². The maximum absolute atomic E-state index is 6.18. The molecule has 1 aliphatic carbocycles. The number of hydrogen-bond acceptors (Lipinski definition) is 10. The van der Waals surface area contributed by atoms with Gasteiger partial charge in [0.2, 0.25) is 22.5 Å². The maximum atomic E-state index is 6.18. The van der Waals surface area contributed by atoms with Crippen molar-refractivity contribution >= 4 is 47.0 Å². The van der Waals surface area contributed by atoms with Gasteiger partial charge < -0.3 is 10.6 Å². The van der Waals surface area contributed by atoms with E-state index in [2.05, 4.69) is 52.7 Å². The van der Waals surface area contributed by atoms with Gasteiger partial charge in [0, 0.05) is 12.1 Å². The lowest BCUT2D eigenvalue weighted by molar-refractivity contribution is 0.709. The Kier molecular flexibility index (Phi) is 5.30. The molecule has 29 heavy (non-hydrogen) atoms. The fraction of sp³-hybridized carbons (Fsp3) is 0.529. The van der Waals surface area contributed by atoms with Gasteiger partial charge in [0.25, 0.3) is 11.9 Å². The highest BCUT2D eigenvalue weighted by molar-refractivity contribution is 6.28. The summed E-state index contributed by atoms with van der Waals surface area (Å²) >= 11 is 12.4. The van der Waals surface area contributed by atoms with Gasteiger partial charge in [-0.25, -0.2) is 10.0 Å². The highest BCUT2D eigenvalue weighted by Crippen LogP contribution is 2.38. The molecule has 0 aromatic carbocycles. The summed E-state index contributed by atoms with van der Waals surface area (Å²) in [6, 6.07) is 0.420. The second-order valence-corrected chi connectivity index (χ2v) is 8.17. The average Bonchev–Trinajstić information content (AvgIpc) is 3.20. The number of anilines is 4. The monoisotopic (exact) mass is 436 g/mol. The lowest BCUT2D eigenvalue weighted by Crippen LogP contribution is -2.47. The van der Waals surface area contributed by atoms with Gasteiger partial charge in [-0.3, -0.25) is 0 Å². The molecule has 2 aromatic rings. The predicted molar refractivity (Wildman–Crippen MR) is 113 cm³/mol. The van der Waals surface area contributed by atoms with Crippen LogP contribution >= 0.6 is 23.2 Å². The number of nitrogens with one attached hydrogen (secondary N) is 2. The Morgan fingerprint density at radius 1 is 0.759 bits per heavy atom. The smallest absolute Gasteiger partial charge is 0.251 e. The summed E-state index contributed by atoms with van der Waals surface area (Å²) < 4.78 is 0. The van der Waals surface area contributed by atoms with Crippen LogP contribution in [0.1, 0.15) is 34.1 Å².